The molecule has 0 radical (unpaired) electrons. The van der Waals surface area contributed by atoms with Gasteiger partial charge in [-0.1, -0.05) is 12.1 Å². The van der Waals surface area contributed by atoms with Crippen LogP contribution in [0.3, 0.4) is 0 Å². The number of aromatic nitrogens is 3. The first-order chi connectivity index (χ1) is 16.0. The Bertz CT molecular complexity index is 1310. The zero-order valence-corrected chi connectivity index (χ0v) is 19.3. The van der Waals surface area contributed by atoms with Gasteiger partial charge in [-0.2, -0.15) is 13.9 Å². The number of fused-ring (bicyclic) bond motifs is 1. The largest absolute Gasteiger partial charge is 0.497 e. The van der Waals surface area contributed by atoms with Crippen LogP contribution in [-0.4, -0.2) is 34.9 Å². The van der Waals surface area contributed by atoms with Crippen LogP contribution in [0, 0.1) is 5.92 Å². The standard InChI is InChI=1S/C24H20BrF2N3O3/c1-31-17-4-2-3-16(11-17)22-21(25)23-28-10-9-18(30(23)29-22)15-7-8-19(33-24(26)27)20(12-15)32-13-14-5-6-14/h2-4,7-12,14,24H,5-6,13H2,1H3. The molecule has 2 aromatic carbocycles. The van der Waals surface area contributed by atoms with E-state index in [0.29, 0.717) is 23.9 Å². The van der Waals surface area contributed by atoms with Gasteiger partial charge in [-0.05, 0) is 71.1 Å². The van der Waals surface area contributed by atoms with Gasteiger partial charge in [-0.3, -0.25) is 0 Å². The Labute approximate surface area is 197 Å². The molecule has 4 aromatic rings. The summed E-state index contributed by atoms with van der Waals surface area (Å²) in [6, 6.07) is 14.3. The van der Waals surface area contributed by atoms with Crippen molar-refractivity contribution in [3.63, 3.8) is 0 Å². The first-order valence-corrected chi connectivity index (χ1v) is 11.2. The summed E-state index contributed by atoms with van der Waals surface area (Å²) in [5, 5.41) is 4.78. The molecular formula is C24H20BrF2N3O3. The fourth-order valence-corrected chi connectivity index (χ4v) is 4.14. The molecule has 0 bridgehead atoms. The molecule has 170 valence electrons. The smallest absolute Gasteiger partial charge is 0.387 e. The minimum absolute atomic E-state index is 0.0124. The van der Waals surface area contributed by atoms with Gasteiger partial charge in [0.15, 0.2) is 17.1 Å². The minimum Gasteiger partial charge on any atom is -0.497 e. The third kappa shape index (κ3) is 4.50. The van der Waals surface area contributed by atoms with Gasteiger partial charge in [-0.15, -0.1) is 0 Å². The molecular weight excluding hydrogens is 496 g/mol. The highest BCUT2D eigenvalue weighted by Gasteiger charge is 2.24. The number of hydrogen-bond donors (Lipinski definition) is 0. The van der Waals surface area contributed by atoms with E-state index in [0.717, 1.165) is 39.9 Å². The quantitative estimate of drug-likeness (QED) is 0.278. The van der Waals surface area contributed by atoms with Gasteiger partial charge in [0.05, 0.1) is 23.9 Å². The predicted molar refractivity (Wildman–Crippen MR) is 123 cm³/mol. The molecule has 1 aliphatic rings. The Kier molecular flexibility index (Phi) is 5.88. The van der Waals surface area contributed by atoms with Crippen LogP contribution >= 0.6 is 15.9 Å². The molecule has 2 aromatic heterocycles. The van der Waals surface area contributed by atoms with Crippen molar-refractivity contribution in [1.29, 1.82) is 0 Å². The van der Waals surface area contributed by atoms with Crippen LogP contribution in [0.5, 0.6) is 17.2 Å². The Balaban J connectivity index is 1.58. The molecule has 1 aliphatic carbocycles. The highest BCUT2D eigenvalue weighted by atomic mass is 79.9. The van der Waals surface area contributed by atoms with Gasteiger partial charge in [0, 0.05) is 17.3 Å². The Morgan fingerprint density at radius 2 is 1.94 bits per heavy atom. The van der Waals surface area contributed by atoms with Gasteiger partial charge in [0.2, 0.25) is 0 Å². The minimum atomic E-state index is -2.93. The van der Waals surface area contributed by atoms with Crippen LogP contribution in [-0.2, 0) is 0 Å². The summed E-state index contributed by atoms with van der Waals surface area (Å²) in [4.78, 5) is 4.47. The molecule has 2 heterocycles. The monoisotopic (exact) mass is 515 g/mol. The molecule has 5 rings (SSSR count). The van der Waals surface area contributed by atoms with E-state index in [1.807, 2.05) is 30.3 Å². The summed E-state index contributed by atoms with van der Waals surface area (Å²) in [7, 11) is 1.61. The summed E-state index contributed by atoms with van der Waals surface area (Å²) in [5.41, 5.74) is 3.67. The highest BCUT2D eigenvalue weighted by Crippen LogP contribution is 2.38. The molecule has 1 fully saturated rings. The molecule has 0 saturated heterocycles. The summed E-state index contributed by atoms with van der Waals surface area (Å²) in [5.74, 6) is 1.48. The predicted octanol–water partition coefficient (Wildman–Crippen LogP) is 6.22. The van der Waals surface area contributed by atoms with Crippen LogP contribution in [0.25, 0.3) is 28.2 Å². The second-order valence-electron chi connectivity index (χ2n) is 7.75. The van der Waals surface area contributed by atoms with E-state index >= 15 is 0 Å². The van der Waals surface area contributed by atoms with Crippen LogP contribution in [0.4, 0.5) is 8.78 Å². The maximum absolute atomic E-state index is 12.9. The van der Waals surface area contributed by atoms with Gasteiger partial charge >= 0.3 is 6.61 Å². The van der Waals surface area contributed by atoms with E-state index in [1.54, 1.807) is 30.0 Å². The zero-order valence-electron chi connectivity index (χ0n) is 17.7. The first kappa shape index (κ1) is 21.6. The van der Waals surface area contributed by atoms with Crippen LogP contribution < -0.4 is 14.2 Å². The van der Waals surface area contributed by atoms with Crippen molar-refractivity contribution in [3.8, 4) is 39.8 Å². The summed E-state index contributed by atoms with van der Waals surface area (Å²) >= 11 is 3.63. The third-order valence-electron chi connectivity index (χ3n) is 5.43. The number of ether oxygens (including phenoxy) is 3. The maximum atomic E-state index is 12.9. The van der Waals surface area contributed by atoms with Crippen molar-refractivity contribution < 1.29 is 23.0 Å². The summed E-state index contributed by atoms with van der Waals surface area (Å²) < 4.78 is 44.1. The molecule has 33 heavy (non-hydrogen) atoms. The van der Waals surface area contributed by atoms with Gasteiger partial charge < -0.3 is 14.2 Å². The van der Waals surface area contributed by atoms with Crippen molar-refractivity contribution in [2.24, 2.45) is 5.92 Å². The number of halogens is 3. The summed E-state index contributed by atoms with van der Waals surface area (Å²) in [6.07, 6.45) is 3.86. The fourth-order valence-electron chi connectivity index (χ4n) is 3.56. The Hall–Kier alpha value is -3.20. The summed E-state index contributed by atoms with van der Waals surface area (Å²) in [6.45, 7) is -2.46. The molecule has 0 unspecified atom stereocenters. The van der Waals surface area contributed by atoms with E-state index in [2.05, 4.69) is 25.7 Å². The number of benzene rings is 2. The van der Waals surface area contributed by atoms with Crippen molar-refractivity contribution in [1.82, 2.24) is 14.6 Å². The Morgan fingerprint density at radius 3 is 2.70 bits per heavy atom. The van der Waals surface area contributed by atoms with E-state index in [9.17, 15) is 8.78 Å². The lowest BCUT2D eigenvalue weighted by Gasteiger charge is -2.14. The topological polar surface area (TPSA) is 57.9 Å². The zero-order chi connectivity index (χ0) is 22.9. The van der Waals surface area contributed by atoms with E-state index in [-0.39, 0.29) is 11.5 Å². The van der Waals surface area contributed by atoms with Crippen molar-refractivity contribution in [2.45, 2.75) is 19.5 Å². The molecule has 0 spiro atoms. The molecule has 0 atom stereocenters. The second kappa shape index (κ2) is 8.97. The number of hydrogen-bond acceptors (Lipinski definition) is 5. The Morgan fingerprint density at radius 1 is 1.09 bits per heavy atom. The van der Waals surface area contributed by atoms with Crippen LogP contribution in [0.1, 0.15) is 12.8 Å². The molecule has 0 N–H and O–H groups in total. The van der Waals surface area contributed by atoms with Gasteiger partial charge in [0.25, 0.3) is 0 Å². The molecule has 6 nitrogen and oxygen atoms in total. The first-order valence-electron chi connectivity index (χ1n) is 10.4. The van der Waals surface area contributed by atoms with E-state index < -0.39 is 6.61 Å². The molecule has 1 saturated carbocycles. The lowest BCUT2D eigenvalue weighted by Crippen LogP contribution is -2.06. The van der Waals surface area contributed by atoms with E-state index in [4.69, 9.17) is 14.6 Å². The number of nitrogens with zero attached hydrogens (tertiary/aromatic N) is 3. The lowest BCUT2D eigenvalue weighted by molar-refractivity contribution is -0.0515. The van der Waals surface area contributed by atoms with Crippen molar-refractivity contribution in [3.05, 3.63) is 59.2 Å². The fraction of sp³-hybridized carbons (Fsp3) is 0.250. The molecule has 0 aliphatic heterocycles. The number of alkyl halides is 2. The molecule has 9 heteroatoms. The third-order valence-corrected chi connectivity index (χ3v) is 6.16. The van der Waals surface area contributed by atoms with Crippen LogP contribution in [0.2, 0.25) is 0 Å². The average molecular weight is 516 g/mol. The lowest BCUT2D eigenvalue weighted by atomic mass is 10.1. The van der Waals surface area contributed by atoms with Gasteiger partial charge in [0.1, 0.15) is 11.4 Å². The SMILES string of the molecule is COc1cccc(-c2nn3c(-c4ccc(OC(F)F)c(OCC5CC5)c4)ccnc3c2Br)c1. The maximum Gasteiger partial charge on any atom is 0.387 e. The second-order valence-corrected chi connectivity index (χ2v) is 8.55. The normalized spacial score (nSPS) is 13.5. The average Bonchev–Trinajstić information content (AvgIpc) is 3.59. The number of rotatable bonds is 8. The number of methoxy groups -OCH3 is 1. The molecule has 0 amide bonds. The van der Waals surface area contributed by atoms with Crippen molar-refractivity contribution >= 4 is 21.6 Å². The van der Waals surface area contributed by atoms with Crippen LogP contribution in [0.15, 0.2) is 59.2 Å². The highest BCUT2D eigenvalue weighted by molar-refractivity contribution is 9.10. The van der Waals surface area contributed by atoms with Gasteiger partial charge in [-0.25, -0.2) is 9.50 Å². The van der Waals surface area contributed by atoms with E-state index in [1.165, 1.54) is 6.07 Å². The van der Waals surface area contributed by atoms with Crippen molar-refractivity contribution in [2.75, 3.05) is 13.7 Å².